The fourth-order valence-electron chi connectivity index (χ4n) is 3.09. The molecule has 2 N–H and O–H groups in total. The van der Waals surface area contributed by atoms with Crippen LogP contribution in [0.4, 0.5) is 11.4 Å². The molecule has 0 unspecified atom stereocenters. The van der Waals surface area contributed by atoms with Crippen LogP contribution in [0.3, 0.4) is 0 Å². The highest BCUT2D eigenvalue weighted by atomic mass is 16.2. The summed E-state index contributed by atoms with van der Waals surface area (Å²) in [4.78, 5) is 23.8. The Bertz CT molecular complexity index is 1200. The maximum absolute atomic E-state index is 12.0. The lowest BCUT2D eigenvalue weighted by Crippen LogP contribution is -2.13. The van der Waals surface area contributed by atoms with Gasteiger partial charge in [0, 0.05) is 22.5 Å². The van der Waals surface area contributed by atoms with Gasteiger partial charge < -0.3 is 10.6 Å². The van der Waals surface area contributed by atoms with E-state index in [0.717, 1.165) is 16.9 Å². The van der Waals surface area contributed by atoms with Gasteiger partial charge in [-0.05, 0) is 68.8 Å². The van der Waals surface area contributed by atoms with Gasteiger partial charge in [0.05, 0.1) is 0 Å². The number of carbonyl (C=O) groups excluding carboxylic acids is 2. The predicted octanol–water partition coefficient (Wildman–Crippen LogP) is 6.80. The van der Waals surface area contributed by atoms with Gasteiger partial charge in [0.25, 0.3) is 11.8 Å². The van der Waals surface area contributed by atoms with E-state index in [-0.39, 0.29) is 11.8 Å². The van der Waals surface area contributed by atoms with Gasteiger partial charge in [0.2, 0.25) is 0 Å². The van der Waals surface area contributed by atoms with Crippen molar-refractivity contribution in [3.05, 3.63) is 131 Å². The summed E-state index contributed by atoms with van der Waals surface area (Å²) in [5.41, 5.74) is 6.37. The summed E-state index contributed by atoms with van der Waals surface area (Å²) in [6.45, 7) is 5.97. The average Bonchev–Trinajstić information content (AvgIpc) is 2.83. The van der Waals surface area contributed by atoms with Gasteiger partial charge in [-0.25, -0.2) is 0 Å². The molecule has 0 heterocycles. The molecule has 0 saturated heterocycles. The van der Waals surface area contributed by atoms with Gasteiger partial charge in [-0.15, -0.1) is 0 Å². The van der Waals surface area contributed by atoms with Crippen molar-refractivity contribution in [2.75, 3.05) is 10.6 Å². The van der Waals surface area contributed by atoms with Crippen LogP contribution in [-0.4, -0.2) is 11.8 Å². The van der Waals surface area contributed by atoms with Crippen molar-refractivity contribution < 1.29 is 9.59 Å². The van der Waals surface area contributed by atoms with Crippen molar-refractivity contribution in [2.24, 2.45) is 0 Å². The second kappa shape index (κ2) is 11.4. The summed E-state index contributed by atoms with van der Waals surface area (Å²) >= 11 is 0. The highest BCUT2D eigenvalue weighted by molar-refractivity contribution is 6.05. The summed E-state index contributed by atoms with van der Waals surface area (Å²) in [7, 11) is 0. The van der Waals surface area contributed by atoms with Crippen LogP contribution < -0.4 is 10.6 Å². The third kappa shape index (κ3) is 7.18. The molecule has 4 nitrogen and oxygen atoms in total. The van der Waals surface area contributed by atoms with Gasteiger partial charge in [-0.2, -0.15) is 0 Å². The fourth-order valence-corrected chi connectivity index (χ4v) is 3.09. The number of nitrogens with one attached hydrogen (secondary N) is 2. The molecule has 0 spiro atoms. The van der Waals surface area contributed by atoms with Crippen LogP contribution in [0, 0.1) is 20.8 Å². The molecule has 4 rings (SSSR count). The molecule has 4 aromatic carbocycles. The Kier molecular flexibility index (Phi) is 8.14. The molecule has 166 valence electrons. The third-order valence-corrected chi connectivity index (χ3v) is 5.04. The molecule has 0 bridgehead atoms. The number of aryl methyl sites for hydroxylation is 3. The summed E-state index contributed by atoms with van der Waals surface area (Å²) in [6.07, 6.45) is 0. The van der Waals surface area contributed by atoms with Crippen LogP contribution in [0.5, 0.6) is 0 Å². The molecule has 4 heteroatoms. The number of amides is 2. The summed E-state index contributed by atoms with van der Waals surface area (Å²) in [6, 6.07) is 32.3. The third-order valence-electron chi connectivity index (χ3n) is 5.04. The fraction of sp³-hybridized carbons (Fsp3) is 0.103. The Morgan fingerprint density at radius 2 is 0.970 bits per heavy atom. The zero-order valence-electron chi connectivity index (χ0n) is 19.1. The molecule has 33 heavy (non-hydrogen) atoms. The second-order valence-electron chi connectivity index (χ2n) is 7.82. The maximum atomic E-state index is 12.0. The topological polar surface area (TPSA) is 58.2 Å². The molecule has 0 aliphatic heterocycles. The quantitative estimate of drug-likeness (QED) is 0.369. The van der Waals surface area contributed by atoms with Crippen molar-refractivity contribution >= 4 is 23.2 Å². The first-order chi connectivity index (χ1) is 15.9. The van der Waals surface area contributed by atoms with E-state index in [9.17, 15) is 9.59 Å². The number of anilines is 2. The van der Waals surface area contributed by atoms with Crippen LogP contribution in [0.25, 0.3) is 0 Å². The smallest absolute Gasteiger partial charge is 0.255 e. The number of rotatable bonds is 4. The number of benzene rings is 4. The highest BCUT2D eigenvalue weighted by Gasteiger charge is 2.08. The van der Waals surface area contributed by atoms with Crippen LogP contribution >= 0.6 is 0 Å². The Balaban J connectivity index is 0.000000186. The van der Waals surface area contributed by atoms with Crippen molar-refractivity contribution in [2.45, 2.75) is 20.8 Å². The zero-order valence-corrected chi connectivity index (χ0v) is 19.1. The van der Waals surface area contributed by atoms with Crippen LogP contribution in [0.15, 0.2) is 103 Å². The summed E-state index contributed by atoms with van der Waals surface area (Å²) in [5.74, 6) is -0.142. The monoisotopic (exact) mass is 436 g/mol. The minimum atomic E-state index is -0.0792. The van der Waals surface area contributed by atoms with Gasteiger partial charge in [-0.3, -0.25) is 9.59 Å². The molecule has 2 amide bonds. The van der Waals surface area contributed by atoms with E-state index in [0.29, 0.717) is 11.1 Å². The molecule has 0 aliphatic rings. The van der Waals surface area contributed by atoms with Crippen molar-refractivity contribution in [3.63, 3.8) is 0 Å². The normalized spacial score (nSPS) is 9.91. The first kappa shape index (κ1) is 23.5. The Morgan fingerprint density at radius 1 is 0.515 bits per heavy atom. The number of carbonyl (C=O) groups is 2. The van der Waals surface area contributed by atoms with Crippen molar-refractivity contribution in [1.29, 1.82) is 0 Å². The van der Waals surface area contributed by atoms with Crippen molar-refractivity contribution in [1.82, 2.24) is 0 Å². The standard InChI is InChI=1S/C15H15NO.C14H13NO/c1-11-7-9-13(10-8-11)16-15(17)14-6-4-3-5-12(14)2;1-11-7-9-13(10-8-11)15-14(16)12-5-3-2-4-6-12/h3-10H,1-2H3,(H,16,17);2-10H,1H3,(H,15,16). The van der Waals surface area contributed by atoms with E-state index in [1.165, 1.54) is 11.1 Å². The molecule has 0 aliphatic carbocycles. The Hall–Kier alpha value is -4.18. The van der Waals surface area contributed by atoms with Gasteiger partial charge in [-0.1, -0.05) is 71.8 Å². The molecule has 0 saturated carbocycles. The minimum Gasteiger partial charge on any atom is -0.322 e. The first-order valence-corrected chi connectivity index (χ1v) is 10.8. The SMILES string of the molecule is Cc1ccc(NC(=O)c2ccccc2)cc1.Cc1ccc(NC(=O)c2ccccc2C)cc1. The van der Waals surface area contributed by atoms with E-state index < -0.39 is 0 Å². The molecular weight excluding hydrogens is 408 g/mol. The van der Waals surface area contributed by atoms with E-state index >= 15 is 0 Å². The predicted molar refractivity (Wildman–Crippen MR) is 136 cm³/mol. The minimum absolute atomic E-state index is 0.0630. The van der Waals surface area contributed by atoms with Crippen molar-refractivity contribution in [3.8, 4) is 0 Å². The second-order valence-corrected chi connectivity index (χ2v) is 7.82. The molecule has 0 radical (unpaired) electrons. The summed E-state index contributed by atoms with van der Waals surface area (Å²) < 4.78 is 0. The zero-order chi connectivity index (χ0) is 23.6. The molecular formula is C29H28N2O2. The van der Waals surface area contributed by atoms with Gasteiger partial charge in [0.15, 0.2) is 0 Å². The lowest BCUT2D eigenvalue weighted by atomic mass is 10.1. The molecule has 0 fully saturated rings. The molecule has 4 aromatic rings. The van der Waals surface area contributed by atoms with Gasteiger partial charge >= 0.3 is 0 Å². The Morgan fingerprint density at radius 3 is 1.48 bits per heavy atom. The number of hydrogen-bond donors (Lipinski definition) is 2. The number of hydrogen-bond acceptors (Lipinski definition) is 2. The van der Waals surface area contributed by atoms with Gasteiger partial charge in [0.1, 0.15) is 0 Å². The van der Waals surface area contributed by atoms with Crippen LogP contribution in [0.1, 0.15) is 37.4 Å². The van der Waals surface area contributed by atoms with E-state index in [4.69, 9.17) is 0 Å². The van der Waals surface area contributed by atoms with Crippen LogP contribution in [0.2, 0.25) is 0 Å². The lowest BCUT2D eigenvalue weighted by molar-refractivity contribution is 0.101. The largest absolute Gasteiger partial charge is 0.322 e. The van der Waals surface area contributed by atoms with E-state index in [2.05, 4.69) is 10.6 Å². The molecule has 0 atom stereocenters. The summed E-state index contributed by atoms with van der Waals surface area (Å²) in [5, 5.41) is 5.73. The lowest BCUT2D eigenvalue weighted by Gasteiger charge is -2.07. The average molecular weight is 437 g/mol. The first-order valence-electron chi connectivity index (χ1n) is 10.8. The maximum Gasteiger partial charge on any atom is 0.255 e. The van der Waals surface area contributed by atoms with Crippen LogP contribution in [-0.2, 0) is 0 Å². The Labute approximate surface area is 195 Å². The van der Waals surface area contributed by atoms with E-state index in [1.807, 2.05) is 112 Å². The van der Waals surface area contributed by atoms with E-state index in [1.54, 1.807) is 12.1 Å². The highest BCUT2D eigenvalue weighted by Crippen LogP contribution is 2.13. The molecule has 0 aromatic heterocycles.